The van der Waals surface area contributed by atoms with Crippen LogP contribution in [0, 0.1) is 5.21 Å². The molecule has 0 bridgehead atoms. The van der Waals surface area contributed by atoms with Crippen LogP contribution in [0.4, 0.5) is 0 Å². The molecule has 0 saturated carbocycles. The fraction of sp³-hybridized carbons (Fsp3) is 1.00. The standard InChI is InChI=1S/C5H12N2O3/c1-5(4-9-2)7(8)6-10-3/h5H,4H2,1-3H3/b7-6-. The van der Waals surface area contributed by atoms with Gasteiger partial charge >= 0.3 is 0 Å². The van der Waals surface area contributed by atoms with Crippen LogP contribution in [0.5, 0.6) is 0 Å². The van der Waals surface area contributed by atoms with E-state index in [0.29, 0.717) is 11.5 Å². The van der Waals surface area contributed by atoms with Crippen LogP contribution in [0.15, 0.2) is 5.28 Å². The molecule has 0 heterocycles. The molecule has 10 heavy (non-hydrogen) atoms. The van der Waals surface area contributed by atoms with Gasteiger partial charge in [0.15, 0.2) is 5.28 Å². The third-order valence-corrected chi connectivity index (χ3v) is 0.947. The summed E-state index contributed by atoms with van der Waals surface area (Å²) in [5, 5.41) is 13.8. The van der Waals surface area contributed by atoms with Gasteiger partial charge in [-0.2, -0.15) is 0 Å². The number of rotatable bonds is 4. The van der Waals surface area contributed by atoms with Crippen molar-refractivity contribution in [3.8, 4) is 0 Å². The average Bonchev–Trinajstić information content (AvgIpc) is 1.89. The van der Waals surface area contributed by atoms with E-state index in [1.165, 1.54) is 14.2 Å². The number of ether oxygens (including phenoxy) is 1. The molecule has 5 nitrogen and oxygen atoms in total. The maximum atomic E-state index is 10.7. The topological polar surface area (TPSA) is 56.9 Å². The van der Waals surface area contributed by atoms with Gasteiger partial charge in [0.25, 0.3) is 0 Å². The van der Waals surface area contributed by atoms with Gasteiger partial charge in [-0.1, -0.05) is 4.86 Å². The summed E-state index contributed by atoms with van der Waals surface area (Å²) in [6.07, 6.45) is 0. The predicted molar refractivity (Wildman–Crippen MR) is 34.4 cm³/mol. The molecule has 0 rings (SSSR count). The summed E-state index contributed by atoms with van der Waals surface area (Å²) in [6.45, 7) is 2.04. The van der Waals surface area contributed by atoms with Gasteiger partial charge in [-0.05, 0) is 0 Å². The Bertz CT molecular complexity index is 115. The third kappa shape index (κ3) is 3.24. The van der Waals surface area contributed by atoms with E-state index < -0.39 is 0 Å². The van der Waals surface area contributed by atoms with Gasteiger partial charge < -0.3 is 14.8 Å². The third-order valence-electron chi connectivity index (χ3n) is 0.947. The summed E-state index contributed by atoms with van der Waals surface area (Å²) in [4.78, 5) is 4.72. The van der Waals surface area contributed by atoms with Crippen LogP contribution in [0.3, 0.4) is 0 Å². The molecule has 0 spiro atoms. The first-order valence-electron chi connectivity index (χ1n) is 2.91. The van der Waals surface area contributed by atoms with Crippen molar-refractivity contribution in [1.82, 2.24) is 0 Å². The molecule has 0 saturated heterocycles. The second kappa shape index (κ2) is 4.99. The SMILES string of the molecule is COCC(C)/[N+]([O-])=N/OC. The number of hydrogen-bond acceptors (Lipinski definition) is 4. The first-order valence-corrected chi connectivity index (χ1v) is 2.91. The fourth-order valence-corrected chi connectivity index (χ4v) is 0.466. The van der Waals surface area contributed by atoms with Gasteiger partial charge in [0.05, 0.1) is 0 Å². The van der Waals surface area contributed by atoms with E-state index in [2.05, 4.69) is 10.1 Å². The van der Waals surface area contributed by atoms with Crippen molar-refractivity contribution in [3.63, 3.8) is 0 Å². The molecular weight excluding hydrogens is 136 g/mol. The summed E-state index contributed by atoms with van der Waals surface area (Å²) in [6, 6.07) is -0.301. The maximum Gasteiger partial charge on any atom is 0.213 e. The van der Waals surface area contributed by atoms with Crippen molar-refractivity contribution < 1.29 is 14.4 Å². The zero-order chi connectivity index (χ0) is 7.98. The largest absolute Gasteiger partial charge is 0.597 e. The molecule has 5 heteroatoms. The number of hydroxylamine groups is 1. The molecule has 0 fully saturated rings. The number of hydrogen-bond donors (Lipinski definition) is 0. The Morgan fingerprint density at radius 3 is 2.60 bits per heavy atom. The van der Waals surface area contributed by atoms with E-state index in [9.17, 15) is 5.21 Å². The van der Waals surface area contributed by atoms with Gasteiger partial charge in [-0.25, -0.2) is 0 Å². The molecule has 0 N–H and O–H groups in total. The van der Waals surface area contributed by atoms with Crippen molar-refractivity contribution >= 4 is 0 Å². The first-order chi connectivity index (χ1) is 4.72. The van der Waals surface area contributed by atoms with Gasteiger partial charge in [-0.15, -0.1) is 0 Å². The molecule has 0 aliphatic rings. The van der Waals surface area contributed by atoms with Crippen molar-refractivity contribution in [2.24, 2.45) is 5.28 Å². The number of methoxy groups -OCH3 is 1. The zero-order valence-corrected chi connectivity index (χ0v) is 6.40. The Balaban J connectivity index is 3.69. The Kier molecular flexibility index (Phi) is 4.57. The molecule has 0 aliphatic carbocycles. The first kappa shape index (κ1) is 9.16. The highest BCUT2D eigenvalue weighted by atomic mass is 16.7. The van der Waals surface area contributed by atoms with Crippen molar-refractivity contribution in [2.45, 2.75) is 13.0 Å². The van der Waals surface area contributed by atoms with E-state index in [1.807, 2.05) is 0 Å². The maximum absolute atomic E-state index is 10.7. The molecule has 60 valence electrons. The molecule has 0 amide bonds. The van der Waals surface area contributed by atoms with Gasteiger partial charge in [0.1, 0.15) is 13.7 Å². The molecule has 0 aromatic carbocycles. The summed E-state index contributed by atoms with van der Waals surface area (Å²) < 4.78 is 4.71. The Morgan fingerprint density at radius 1 is 1.60 bits per heavy atom. The minimum absolute atomic E-state index is 0.301. The lowest BCUT2D eigenvalue weighted by molar-refractivity contribution is -0.591. The molecule has 0 radical (unpaired) electrons. The normalized spacial score (nSPS) is 14.9. The Hall–Kier alpha value is -0.840. The molecular formula is C5H12N2O3. The van der Waals surface area contributed by atoms with Crippen molar-refractivity contribution in [2.75, 3.05) is 20.8 Å². The van der Waals surface area contributed by atoms with Crippen LogP contribution in [-0.2, 0) is 9.57 Å². The van der Waals surface area contributed by atoms with Crippen LogP contribution in [0.25, 0.3) is 0 Å². The second-order valence-electron chi connectivity index (χ2n) is 1.87. The summed E-state index contributed by atoms with van der Waals surface area (Å²) >= 11 is 0. The van der Waals surface area contributed by atoms with Gasteiger partial charge in [0.2, 0.25) is 6.04 Å². The molecule has 1 unspecified atom stereocenters. The van der Waals surface area contributed by atoms with Crippen molar-refractivity contribution in [1.29, 1.82) is 0 Å². The quantitative estimate of drug-likeness (QED) is 0.332. The molecule has 0 aromatic heterocycles. The van der Waals surface area contributed by atoms with E-state index in [-0.39, 0.29) is 6.04 Å². The highest BCUT2D eigenvalue weighted by Crippen LogP contribution is 1.90. The van der Waals surface area contributed by atoms with Gasteiger partial charge in [-0.3, -0.25) is 0 Å². The summed E-state index contributed by atoms with van der Waals surface area (Å²) in [5.74, 6) is 0. The lowest BCUT2D eigenvalue weighted by Crippen LogP contribution is -2.21. The summed E-state index contributed by atoms with van der Waals surface area (Å²) in [5.41, 5.74) is 0. The second-order valence-corrected chi connectivity index (χ2v) is 1.87. The minimum Gasteiger partial charge on any atom is -0.597 e. The van der Waals surface area contributed by atoms with Crippen molar-refractivity contribution in [3.05, 3.63) is 5.21 Å². The lowest BCUT2D eigenvalue weighted by atomic mass is 10.4. The fourth-order valence-electron chi connectivity index (χ4n) is 0.466. The number of nitrogens with zero attached hydrogens (tertiary/aromatic N) is 2. The average molecular weight is 148 g/mol. The highest BCUT2D eigenvalue weighted by Gasteiger charge is 2.09. The summed E-state index contributed by atoms with van der Waals surface area (Å²) in [7, 11) is 2.85. The van der Waals surface area contributed by atoms with Crippen LogP contribution in [0.2, 0.25) is 0 Å². The lowest BCUT2D eigenvalue weighted by Gasteiger charge is -2.05. The van der Waals surface area contributed by atoms with Crippen LogP contribution in [-0.4, -0.2) is 31.7 Å². The van der Waals surface area contributed by atoms with E-state index in [0.717, 1.165) is 0 Å². The van der Waals surface area contributed by atoms with E-state index >= 15 is 0 Å². The van der Waals surface area contributed by atoms with Crippen LogP contribution < -0.4 is 0 Å². The Labute approximate surface area is 59.8 Å². The van der Waals surface area contributed by atoms with E-state index in [4.69, 9.17) is 4.74 Å². The van der Waals surface area contributed by atoms with Gasteiger partial charge in [0, 0.05) is 14.0 Å². The highest BCUT2D eigenvalue weighted by molar-refractivity contribution is 4.40. The van der Waals surface area contributed by atoms with Crippen LogP contribution in [0.1, 0.15) is 6.92 Å². The monoisotopic (exact) mass is 148 g/mol. The smallest absolute Gasteiger partial charge is 0.213 e. The van der Waals surface area contributed by atoms with E-state index in [1.54, 1.807) is 6.92 Å². The minimum atomic E-state index is -0.301. The zero-order valence-electron chi connectivity index (χ0n) is 6.40. The molecule has 1 atom stereocenters. The Morgan fingerprint density at radius 2 is 2.20 bits per heavy atom. The molecule has 0 aliphatic heterocycles. The predicted octanol–water partition coefficient (Wildman–Crippen LogP) is 0.545. The van der Waals surface area contributed by atoms with Crippen LogP contribution >= 0.6 is 0 Å². The molecule has 0 aromatic rings.